The summed E-state index contributed by atoms with van der Waals surface area (Å²) in [4.78, 5) is 36.3. The summed E-state index contributed by atoms with van der Waals surface area (Å²) in [5, 5.41) is 23.5. The molecule has 180 valence electrons. The largest absolute Gasteiger partial charge is 0.480 e. The van der Waals surface area contributed by atoms with Gasteiger partial charge < -0.3 is 25.6 Å². The van der Waals surface area contributed by atoms with Crippen molar-refractivity contribution in [3.8, 4) is 11.1 Å². The number of fused-ring (bicyclic) bond motifs is 3. The molecule has 0 saturated heterocycles. The smallest absolute Gasteiger partial charge is 0.407 e. The average molecular weight is 467 g/mol. The highest BCUT2D eigenvalue weighted by atomic mass is 16.5. The summed E-state index contributed by atoms with van der Waals surface area (Å²) in [6.45, 7) is -0.187. The molecule has 0 spiro atoms. The minimum absolute atomic E-state index is 0.0298. The van der Waals surface area contributed by atoms with Crippen molar-refractivity contribution < 1.29 is 29.3 Å². The van der Waals surface area contributed by atoms with Crippen molar-refractivity contribution in [2.45, 2.75) is 37.6 Å². The number of aliphatic carboxylic acids is 1. The van der Waals surface area contributed by atoms with Gasteiger partial charge in [0.1, 0.15) is 12.6 Å². The van der Waals surface area contributed by atoms with E-state index in [4.69, 9.17) is 9.84 Å². The highest BCUT2D eigenvalue weighted by Crippen LogP contribution is 2.44. The van der Waals surface area contributed by atoms with Crippen molar-refractivity contribution in [1.29, 1.82) is 0 Å². The Labute approximate surface area is 198 Å². The number of benzene rings is 2. The molecule has 4 rings (SSSR count). The van der Waals surface area contributed by atoms with Crippen LogP contribution < -0.4 is 10.6 Å². The molecule has 2 aromatic rings. The van der Waals surface area contributed by atoms with Gasteiger partial charge in [-0.25, -0.2) is 9.59 Å². The van der Waals surface area contributed by atoms with Crippen LogP contribution in [0.4, 0.5) is 4.79 Å². The quantitative estimate of drug-likeness (QED) is 0.474. The standard InChI is InChI=1S/C26H30N2O6/c29-14-23(25(31)32)28-24(30)17-8-2-1-7-16(17)13-27-26(33)34-15-22-20-11-5-3-9-18(20)19-10-4-6-12-21(19)22/h3-6,9-12,16-17,22-23,29H,1-2,7-8,13-15H2,(H,27,33)(H,28,30)(H,31,32)/t16-,17-,23+/m0/s1. The normalized spacial score (nSPS) is 20.0. The van der Waals surface area contributed by atoms with Crippen molar-refractivity contribution in [2.75, 3.05) is 19.8 Å². The molecule has 0 radical (unpaired) electrons. The van der Waals surface area contributed by atoms with Crippen LogP contribution in [0.1, 0.15) is 42.7 Å². The van der Waals surface area contributed by atoms with Gasteiger partial charge in [-0.1, -0.05) is 61.4 Å². The first kappa shape index (κ1) is 23.8. The third-order valence-electron chi connectivity index (χ3n) is 6.90. The van der Waals surface area contributed by atoms with E-state index in [-0.39, 0.29) is 25.0 Å². The zero-order valence-corrected chi connectivity index (χ0v) is 18.9. The second-order valence-corrected chi connectivity index (χ2v) is 8.94. The summed E-state index contributed by atoms with van der Waals surface area (Å²) in [5.74, 6) is -2.25. The van der Waals surface area contributed by atoms with Gasteiger partial charge in [0.05, 0.1) is 6.61 Å². The summed E-state index contributed by atoms with van der Waals surface area (Å²) in [7, 11) is 0. The maximum absolute atomic E-state index is 12.6. The third-order valence-corrected chi connectivity index (χ3v) is 6.90. The van der Waals surface area contributed by atoms with Crippen LogP contribution in [0.15, 0.2) is 48.5 Å². The van der Waals surface area contributed by atoms with Crippen LogP contribution in [0, 0.1) is 11.8 Å². The summed E-state index contributed by atoms with van der Waals surface area (Å²) in [6.07, 6.45) is 2.61. The molecule has 0 aliphatic heterocycles. The number of alkyl carbamates (subject to hydrolysis) is 1. The highest BCUT2D eigenvalue weighted by molar-refractivity contribution is 5.85. The first-order valence-electron chi connectivity index (χ1n) is 11.7. The SMILES string of the molecule is O=C(NC[C@@H]1CCCC[C@@H]1C(=O)N[C@H](CO)C(=O)O)OCC1c2ccccc2-c2ccccc21. The van der Waals surface area contributed by atoms with Gasteiger partial charge in [-0.3, -0.25) is 4.79 Å². The number of hydrogen-bond acceptors (Lipinski definition) is 5. The van der Waals surface area contributed by atoms with Crippen LogP contribution in [-0.2, 0) is 14.3 Å². The zero-order chi connectivity index (χ0) is 24.1. The van der Waals surface area contributed by atoms with Crippen LogP contribution in [0.5, 0.6) is 0 Å². The van der Waals surface area contributed by atoms with Crippen LogP contribution in [0.2, 0.25) is 0 Å². The Morgan fingerprint density at radius 3 is 2.21 bits per heavy atom. The Morgan fingerprint density at radius 2 is 1.59 bits per heavy atom. The zero-order valence-electron chi connectivity index (χ0n) is 18.9. The molecule has 34 heavy (non-hydrogen) atoms. The molecule has 0 aromatic heterocycles. The van der Waals surface area contributed by atoms with Gasteiger partial charge in [-0.2, -0.15) is 0 Å². The number of aliphatic hydroxyl groups is 1. The fourth-order valence-corrected chi connectivity index (χ4v) is 5.13. The van der Waals surface area contributed by atoms with Crippen molar-refractivity contribution in [2.24, 2.45) is 11.8 Å². The van der Waals surface area contributed by atoms with Crippen molar-refractivity contribution in [1.82, 2.24) is 10.6 Å². The fraction of sp³-hybridized carbons (Fsp3) is 0.423. The van der Waals surface area contributed by atoms with E-state index in [0.717, 1.165) is 41.5 Å². The van der Waals surface area contributed by atoms with Gasteiger partial charge in [0.2, 0.25) is 5.91 Å². The van der Waals surface area contributed by atoms with Gasteiger partial charge in [0.15, 0.2) is 0 Å². The predicted molar refractivity (Wildman–Crippen MR) is 125 cm³/mol. The Kier molecular flexibility index (Phi) is 7.47. The maximum Gasteiger partial charge on any atom is 0.407 e. The fourth-order valence-electron chi connectivity index (χ4n) is 5.13. The van der Waals surface area contributed by atoms with E-state index >= 15 is 0 Å². The Hall–Kier alpha value is -3.39. The molecule has 0 bridgehead atoms. The number of carboxylic acids is 1. The van der Waals surface area contributed by atoms with Crippen molar-refractivity contribution in [3.05, 3.63) is 59.7 Å². The number of carbonyl (C=O) groups excluding carboxylic acids is 2. The maximum atomic E-state index is 12.6. The second-order valence-electron chi connectivity index (χ2n) is 8.94. The number of rotatable bonds is 8. The summed E-state index contributed by atoms with van der Waals surface area (Å²) >= 11 is 0. The Bertz CT molecular complexity index is 1010. The molecular formula is C26H30N2O6. The lowest BCUT2D eigenvalue weighted by molar-refractivity contribution is -0.144. The van der Waals surface area contributed by atoms with Crippen LogP contribution in [0.25, 0.3) is 11.1 Å². The molecular weight excluding hydrogens is 436 g/mol. The van der Waals surface area contributed by atoms with Crippen molar-refractivity contribution in [3.63, 3.8) is 0 Å². The first-order chi connectivity index (χ1) is 16.5. The lowest BCUT2D eigenvalue weighted by atomic mass is 9.78. The summed E-state index contributed by atoms with van der Waals surface area (Å²) in [6, 6.07) is 14.9. The van der Waals surface area contributed by atoms with Crippen LogP contribution in [-0.4, -0.2) is 54.0 Å². The summed E-state index contributed by atoms with van der Waals surface area (Å²) < 4.78 is 5.58. The number of aliphatic hydroxyl groups excluding tert-OH is 1. The van der Waals surface area contributed by atoms with E-state index in [2.05, 4.69) is 34.9 Å². The first-order valence-corrected chi connectivity index (χ1v) is 11.7. The van der Waals surface area contributed by atoms with E-state index in [1.54, 1.807) is 0 Å². The predicted octanol–water partition coefficient (Wildman–Crippen LogP) is 2.89. The molecule has 8 heteroatoms. The molecule has 1 fully saturated rings. The van der Waals surface area contributed by atoms with Crippen LogP contribution >= 0.6 is 0 Å². The number of hydrogen-bond donors (Lipinski definition) is 4. The van der Waals surface area contributed by atoms with Gasteiger partial charge in [-0.05, 0) is 41.0 Å². The second kappa shape index (κ2) is 10.7. The number of amides is 2. The number of carbonyl (C=O) groups is 3. The average Bonchev–Trinajstić information content (AvgIpc) is 3.18. The van der Waals surface area contributed by atoms with Crippen molar-refractivity contribution >= 4 is 18.0 Å². The molecule has 2 aliphatic rings. The molecule has 2 aliphatic carbocycles. The Balaban J connectivity index is 1.33. The number of nitrogens with one attached hydrogen (secondary N) is 2. The lowest BCUT2D eigenvalue weighted by Gasteiger charge is -2.31. The molecule has 8 nitrogen and oxygen atoms in total. The minimum atomic E-state index is -1.33. The number of ether oxygens (including phenoxy) is 1. The lowest BCUT2D eigenvalue weighted by Crippen LogP contribution is -2.49. The van der Waals surface area contributed by atoms with Gasteiger partial charge in [0, 0.05) is 18.4 Å². The van der Waals surface area contributed by atoms with Crippen LogP contribution in [0.3, 0.4) is 0 Å². The molecule has 0 heterocycles. The summed E-state index contributed by atoms with van der Waals surface area (Å²) in [5.41, 5.74) is 4.59. The molecule has 2 aromatic carbocycles. The molecule has 0 unspecified atom stereocenters. The van der Waals surface area contributed by atoms with E-state index in [1.807, 2.05) is 24.3 Å². The topological polar surface area (TPSA) is 125 Å². The monoisotopic (exact) mass is 466 g/mol. The van der Waals surface area contributed by atoms with E-state index in [0.29, 0.717) is 6.42 Å². The van der Waals surface area contributed by atoms with Gasteiger partial charge in [0.25, 0.3) is 0 Å². The molecule has 2 amide bonds. The molecule has 1 saturated carbocycles. The van der Waals surface area contributed by atoms with E-state index < -0.39 is 36.5 Å². The number of carboxylic acid groups (broad SMARTS) is 1. The van der Waals surface area contributed by atoms with Gasteiger partial charge in [-0.15, -0.1) is 0 Å². The highest BCUT2D eigenvalue weighted by Gasteiger charge is 2.34. The molecule has 4 N–H and O–H groups in total. The van der Waals surface area contributed by atoms with E-state index in [1.165, 1.54) is 0 Å². The van der Waals surface area contributed by atoms with E-state index in [9.17, 15) is 19.5 Å². The Morgan fingerprint density at radius 1 is 0.971 bits per heavy atom. The molecule has 3 atom stereocenters. The van der Waals surface area contributed by atoms with Gasteiger partial charge >= 0.3 is 12.1 Å². The third kappa shape index (κ3) is 5.07. The minimum Gasteiger partial charge on any atom is -0.480 e.